The topological polar surface area (TPSA) is 127 Å². The number of carbonyl (C=O) groups excluding carboxylic acids is 2. The molecule has 4 rings (SSSR count). The maximum atomic E-state index is 13.2. The van der Waals surface area contributed by atoms with Crippen LogP contribution in [0.25, 0.3) is 0 Å². The number of amides is 1. The number of oxazole rings is 1. The van der Waals surface area contributed by atoms with Gasteiger partial charge in [0.15, 0.2) is 11.7 Å². The van der Waals surface area contributed by atoms with Crippen LogP contribution < -0.4 is 16.0 Å². The number of nitrogens with one attached hydrogen (secondary N) is 1. The van der Waals surface area contributed by atoms with Gasteiger partial charge in [0.05, 0.1) is 18.3 Å². The Labute approximate surface area is 213 Å². The monoisotopic (exact) mass is 496 g/mol. The highest BCUT2D eigenvalue weighted by molar-refractivity contribution is 5.98. The van der Waals surface area contributed by atoms with Gasteiger partial charge >= 0.3 is 0 Å². The van der Waals surface area contributed by atoms with E-state index in [2.05, 4.69) is 20.2 Å². The van der Waals surface area contributed by atoms with Gasteiger partial charge < -0.3 is 20.4 Å². The van der Waals surface area contributed by atoms with E-state index >= 15 is 0 Å². The molecule has 0 spiro atoms. The van der Waals surface area contributed by atoms with E-state index < -0.39 is 6.04 Å². The van der Waals surface area contributed by atoms with Crippen molar-refractivity contribution in [2.45, 2.75) is 83.6 Å². The lowest BCUT2D eigenvalue weighted by Crippen LogP contribution is -2.43. The number of aromatic nitrogens is 3. The van der Waals surface area contributed by atoms with Crippen LogP contribution >= 0.6 is 0 Å². The number of rotatable bonds is 10. The highest BCUT2D eigenvalue weighted by Gasteiger charge is 2.30. The number of carbonyl (C=O) groups is 2. The summed E-state index contributed by atoms with van der Waals surface area (Å²) in [5, 5.41) is 2.71. The van der Waals surface area contributed by atoms with Crippen LogP contribution in [-0.4, -0.2) is 52.3 Å². The Hall–Kier alpha value is -2.81. The third kappa shape index (κ3) is 6.90. The molecule has 2 aliphatic rings. The molecule has 9 nitrogen and oxygen atoms in total. The molecule has 1 unspecified atom stereocenters. The van der Waals surface area contributed by atoms with Crippen LogP contribution in [0.2, 0.25) is 0 Å². The molecular weight excluding hydrogens is 456 g/mol. The first-order chi connectivity index (χ1) is 17.4. The van der Waals surface area contributed by atoms with E-state index in [0.29, 0.717) is 29.9 Å². The number of nitrogens with zero attached hydrogens (tertiary/aromatic N) is 4. The Morgan fingerprint density at radius 3 is 2.47 bits per heavy atom. The van der Waals surface area contributed by atoms with Crippen molar-refractivity contribution in [3.63, 3.8) is 0 Å². The predicted octanol–water partition coefficient (Wildman–Crippen LogP) is 3.64. The zero-order valence-electron chi connectivity index (χ0n) is 21.6. The number of anilines is 1. The lowest BCUT2D eigenvalue weighted by Gasteiger charge is -2.30. The largest absolute Gasteiger partial charge is 0.437 e. The van der Waals surface area contributed by atoms with Crippen molar-refractivity contribution < 1.29 is 14.0 Å². The Kier molecular flexibility index (Phi) is 9.07. The van der Waals surface area contributed by atoms with Crippen LogP contribution in [0.1, 0.15) is 93.3 Å². The summed E-state index contributed by atoms with van der Waals surface area (Å²) in [5.74, 6) is 2.12. The summed E-state index contributed by atoms with van der Waals surface area (Å²) in [5.41, 5.74) is 6.73. The Morgan fingerprint density at radius 2 is 1.81 bits per heavy atom. The second-order valence-electron chi connectivity index (χ2n) is 10.7. The number of nitrogens with two attached hydrogens (primary N) is 1. The predicted molar refractivity (Wildman–Crippen MR) is 138 cm³/mol. The molecule has 0 bridgehead atoms. The van der Waals surface area contributed by atoms with Gasteiger partial charge in [-0.05, 0) is 43.6 Å². The third-order valence-corrected chi connectivity index (χ3v) is 7.34. The molecule has 2 fully saturated rings. The fourth-order valence-corrected chi connectivity index (χ4v) is 5.34. The van der Waals surface area contributed by atoms with Crippen molar-refractivity contribution in [1.29, 1.82) is 0 Å². The van der Waals surface area contributed by atoms with Gasteiger partial charge in [0.25, 0.3) is 0 Å². The second kappa shape index (κ2) is 12.4. The summed E-state index contributed by atoms with van der Waals surface area (Å²) in [6.07, 6.45) is 12.6. The molecule has 1 saturated carbocycles. The normalized spacial score (nSPS) is 18.4. The molecule has 1 atom stereocenters. The van der Waals surface area contributed by atoms with E-state index in [-0.39, 0.29) is 24.2 Å². The average Bonchev–Trinajstić information content (AvgIpc) is 3.31. The molecule has 196 valence electrons. The molecule has 1 aliphatic heterocycles. The van der Waals surface area contributed by atoms with E-state index in [9.17, 15) is 9.59 Å². The van der Waals surface area contributed by atoms with Gasteiger partial charge in [-0.15, -0.1) is 0 Å². The second-order valence-corrected chi connectivity index (χ2v) is 10.7. The molecule has 0 aromatic carbocycles. The quantitative estimate of drug-likeness (QED) is 0.477. The van der Waals surface area contributed by atoms with Crippen LogP contribution in [0, 0.1) is 11.8 Å². The van der Waals surface area contributed by atoms with E-state index in [0.717, 1.165) is 56.8 Å². The molecule has 2 aromatic rings. The van der Waals surface area contributed by atoms with Crippen molar-refractivity contribution in [3.8, 4) is 0 Å². The smallest absolute Gasteiger partial charge is 0.237 e. The molecule has 1 amide bonds. The van der Waals surface area contributed by atoms with Gasteiger partial charge in [0.2, 0.25) is 17.6 Å². The minimum absolute atomic E-state index is 0.124. The average molecular weight is 497 g/mol. The van der Waals surface area contributed by atoms with Gasteiger partial charge in [-0.2, -0.15) is 0 Å². The summed E-state index contributed by atoms with van der Waals surface area (Å²) < 4.78 is 6.16. The number of hydrogen-bond donors (Lipinski definition) is 2. The lowest BCUT2D eigenvalue weighted by molar-refractivity contribution is -0.122. The summed E-state index contributed by atoms with van der Waals surface area (Å²) in [4.78, 5) is 41.3. The summed E-state index contributed by atoms with van der Waals surface area (Å²) in [7, 11) is 0. The molecular formula is C27H40N6O3. The number of Topliss-reactive ketones (excluding diaryl/α,β-unsaturated/α-hetero) is 1. The van der Waals surface area contributed by atoms with Gasteiger partial charge in [-0.25, -0.2) is 15.0 Å². The first-order valence-electron chi connectivity index (χ1n) is 13.5. The molecule has 36 heavy (non-hydrogen) atoms. The third-order valence-electron chi connectivity index (χ3n) is 7.34. The van der Waals surface area contributed by atoms with E-state index in [1.54, 1.807) is 12.4 Å². The Balaban J connectivity index is 1.44. The summed E-state index contributed by atoms with van der Waals surface area (Å²) in [6, 6.07) is 1.19. The van der Waals surface area contributed by atoms with Gasteiger partial charge in [0.1, 0.15) is 0 Å². The fraction of sp³-hybridized carbons (Fsp3) is 0.667. The van der Waals surface area contributed by atoms with Crippen molar-refractivity contribution >= 4 is 17.6 Å². The molecule has 3 heterocycles. The molecule has 1 saturated heterocycles. The molecule has 3 N–H and O–H groups in total. The maximum absolute atomic E-state index is 13.2. The van der Waals surface area contributed by atoms with Crippen molar-refractivity contribution in [3.05, 3.63) is 35.8 Å². The van der Waals surface area contributed by atoms with Crippen LogP contribution in [0.5, 0.6) is 0 Å². The van der Waals surface area contributed by atoms with Gasteiger partial charge in [0, 0.05) is 31.4 Å². The van der Waals surface area contributed by atoms with Crippen LogP contribution in [-0.2, 0) is 11.2 Å². The van der Waals surface area contributed by atoms with Crippen LogP contribution in [0.4, 0.5) is 5.95 Å². The van der Waals surface area contributed by atoms with Crippen molar-refractivity contribution in [1.82, 2.24) is 20.3 Å². The summed E-state index contributed by atoms with van der Waals surface area (Å²) >= 11 is 0. The zero-order chi connectivity index (χ0) is 25.5. The number of piperidine rings is 1. The SMILES string of the molecule is CC(C)CC(N)C(=O)NCC(=O)c1oc(C2CCN(c3ncccn3)CC2)nc1CC1CCCCC1. The fourth-order valence-electron chi connectivity index (χ4n) is 5.34. The van der Waals surface area contributed by atoms with Crippen molar-refractivity contribution in [2.75, 3.05) is 24.5 Å². The summed E-state index contributed by atoms with van der Waals surface area (Å²) in [6.45, 7) is 5.53. The minimum atomic E-state index is -0.622. The molecule has 1 aliphatic carbocycles. The molecule has 2 aromatic heterocycles. The lowest BCUT2D eigenvalue weighted by atomic mass is 9.85. The molecule has 9 heteroatoms. The van der Waals surface area contributed by atoms with E-state index in [4.69, 9.17) is 15.1 Å². The molecule has 0 radical (unpaired) electrons. The Bertz CT molecular complexity index is 994. The highest BCUT2D eigenvalue weighted by Crippen LogP contribution is 2.33. The standard InChI is InChI=1S/C27H40N6O3/c1-18(2)15-21(28)25(35)31-17-23(34)24-22(16-19-7-4-3-5-8-19)32-26(36-24)20-9-13-33(14-10-20)27-29-11-6-12-30-27/h6,11-12,18-21H,3-5,7-10,13-17,28H2,1-2H3,(H,31,35). The van der Waals surface area contributed by atoms with Crippen molar-refractivity contribution in [2.24, 2.45) is 17.6 Å². The van der Waals surface area contributed by atoms with Gasteiger partial charge in [-0.1, -0.05) is 46.0 Å². The first-order valence-corrected chi connectivity index (χ1v) is 13.5. The van der Waals surface area contributed by atoms with E-state index in [1.807, 2.05) is 19.9 Å². The van der Waals surface area contributed by atoms with E-state index in [1.165, 1.54) is 19.3 Å². The van der Waals surface area contributed by atoms with Crippen LogP contribution in [0.3, 0.4) is 0 Å². The zero-order valence-corrected chi connectivity index (χ0v) is 21.6. The highest BCUT2D eigenvalue weighted by atomic mass is 16.4. The number of ketones is 1. The van der Waals surface area contributed by atoms with Gasteiger partial charge in [-0.3, -0.25) is 9.59 Å². The van der Waals surface area contributed by atoms with Crippen LogP contribution in [0.15, 0.2) is 22.9 Å². The first kappa shape index (κ1) is 26.3. The maximum Gasteiger partial charge on any atom is 0.237 e. The Morgan fingerprint density at radius 1 is 1.11 bits per heavy atom. The minimum Gasteiger partial charge on any atom is -0.437 e. The number of hydrogen-bond acceptors (Lipinski definition) is 8.